The van der Waals surface area contributed by atoms with Crippen LogP contribution in [0.1, 0.15) is 18.1 Å². The summed E-state index contributed by atoms with van der Waals surface area (Å²) in [5.74, 6) is 0.920. The van der Waals surface area contributed by atoms with Crippen molar-refractivity contribution in [1.82, 2.24) is 0 Å². The van der Waals surface area contributed by atoms with Crippen molar-refractivity contribution in [2.24, 2.45) is 5.92 Å². The van der Waals surface area contributed by atoms with Crippen LogP contribution >= 0.6 is 11.8 Å². The molecule has 0 aromatic heterocycles. The topological polar surface area (TPSA) is 37.3 Å². The van der Waals surface area contributed by atoms with Gasteiger partial charge in [0, 0.05) is 17.9 Å². The Morgan fingerprint density at radius 3 is 2.69 bits per heavy atom. The number of Topliss-reactive ketones (excluding diaryl/α,β-unsaturated/α-hetero) is 1. The molecule has 0 amide bonds. The summed E-state index contributed by atoms with van der Waals surface area (Å²) in [6.07, 6.45) is -0.283. The molecule has 2 nitrogen and oxygen atoms in total. The third kappa shape index (κ3) is 2.44. The zero-order valence-electron chi connectivity index (χ0n) is 8.73. The van der Waals surface area contributed by atoms with Crippen molar-refractivity contribution in [2.75, 3.05) is 11.5 Å². The number of hydrogen-bond donors (Lipinski definition) is 1. The van der Waals surface area contributed by atoms with Crippen molar-refractivity contribution in [3.05, 3.63) is 35.6 Å². The predicted octanol–water partition coefficient (Wildman–Crippen LogP) is 2.18. The third-order valence-corrected chi connectivity index (χ3v) is 3.88. The minimum absolute atomic E-state index is 0.107. The van der Waals surface area contributed by atoms with E-state index < -0.39 is 6.10 Å². The molecule has 2 rings (SSSR count). The highest BCUT2D eigenvalue weighted by Crippen LogP contribution is 2.30. The lowest BCUT2D eigenvalue weighted by molar-refractivity contribution is -0.125. The normalized spacial score (nSPS) is 23.1. The van der Waals surface area contributed by atoms with Crippen LogP contribution in [-0.4, -0.2) is 22.4 Å². The molecule has 0 bridgehead atoms. The summed E-state index contributed by atoms with van der Waals surface area (Å²) < 4.78 is 12.7. The van der Waals surface area contributed by atoms with E-state index >= 15 is 0 Å². The molecule has 1 aliphatic heterocycles. The van der Waals surface area contributed by atoms with Gasteiger partial charge in [-0.15, -0.1) is 0 Å². The monoisotopic (exact) mass is 240 g/mol. The first-order valence-electron chi connectivity index (χ1n) is 5.22. The van der Waals surface area contributed by atoms with Crippen LogP contribution in [0.4, 0.5) is 4.39 Å². The summed E-state index contributed by atoms with van der Waals surface area (Å²) in [6, 6.07) is 5.68. The SMILES string of the molecule is O=C1CCSC[C@H]1[C@@H](O)c1ccc(F)cc1. The largest absolute Gasteiger partial charge is 0.388 e. The van der Waals surface area contributed by atoms with E-state index in [-0.39, 0.29) is 17.5 Å². The second-order valence-corrected chi connectivity index (χ2v) is 5.04. The Kier molecular flexibility index (Phi) is 3.61. The van der Waals surface area contributed by atoms with Crippen molar-refractivity contribution >= 4 is 17.5 Å². The van der Waals surface area contributed by atoms with E-state index in [0.717, 1.165) is 5.75 Å². The standard InChI is InChI=1S/C12H13FO2S/c13-9-3-1-8(2-4-9)12(15)10-7-16-6-5-11(10)14/h1-4,10,12,15H,5-7H2/t10-,12+/m1/s1. The highest BCUT2D eigenvalue weighted by atomic mass is 32.2. The molecule has 1 aromatic carbocycles. The molecule has 1 saturated heterocycles. The molecule has 2 atom stereocenters. The van der Waals surface area contributed by atoms with Crippen molar-refractivity contribution < 1.29 is 14.3 Å². The second kappa shape index (κ2) is 4.97. The molecule has 0 saturated carbocycles. The summed E-state index contributed by atoms with van der Waals surface area (Å²) in [4.78, 5) is 11.6. The van der Waals surface area contributed by atoms with Gasteiger partial charge in [-0.2, -0.15) is 11.8 Å². The minimum Gasteiger partial charge on any atom is -0.388 e. The Labute approximate surface area is 97.9 Å². The lowest BCUT2D eigenvalue weighted by Crippen LogP contribution is -2.28. The van der Waals surface area contributed by atoms with Crippen molar-refractivity contribution in [3.63, 3.8) is 0 Å². The van der Waals surface area contributed by atoms with E-state index in [2.05, 4.69) is 0 Å². The molecule has 16 heavy (non-hydrogen) atoms. The Morgan fingerprint density at radius 2 is 2.06 bits per heavy atom. The van der Waals surface area contributed by atoms with Crippen LogP contribution in [0.15, 0.2) is 24.3 Å². The molecule has 0 radical (unpaired) electrons. The number of aliphatic hydroxyl groups excluding tert-OH is 1. The smallest absolute Gasteiger partial charge is 0.140 e. The average Bonchev–Trinajstić information content (AvgIpc) is 2.30. The number of ketones is 1. The highest BCUT2D eigenvalue weighted by molar-refractivity contribution is 7.99. The summed E-state index contributed by atoms with van der Waals surface area (Å²) in [6.45, 7) is 0. The maximum absolute atomic E-state index is 12.7. The van der Waals surface area contributed by atoms with Gasteiger partial charge >= 0.3 is 0 Å². The van der Waals surface area contributed by atoms with Gasteiger partial charge in [-0.3, -0.25) is 4.79 Å². The van der Waals surface area contributed by atoms with Gasteiger partial charge in [-0.25, -0.2) is 4.39 Å². The van der Waals surface area contributed by atoms with Gasteiger partial charge in [0.05, 0.1) is 12.0 Å². The Balaban J connectivity index is 2.14. The fourth-order valence-corrected chi connectivity index (χ4v) is 2.96. The molecular weight excluding hydrogens is 227 g/mol. The van der Waals surface area contributed by atoms with Crippen LogP contribution in [0, 0.1) is 11.7 Å². The molecule has 0 aliphatic carbocycles. The number of aliphatic hydroxyl groups is 1. The number of thioether (sulfide) groups is 1. The van der Waals surface area contributed by atoms with E-state index in [1.54, 1.807) is 11.8 Å². The Bertz CT molecular complexity index is 377. The molecule has 0 unspecified atom stereocenters. The summed E-state index contributed by atoms with van der Waals surface area (Å²) in [7, 11) is 0. The number of rotatable bonds is 2. The molecule has 0 spiro atoms. The number of halogens is 1. The van der Waals surface area contributed by atoms with Crippen molar-refractivity contribution in [2.45, 2.75) is 12.5 Å². The van der Waals surface area contributed by atoms with Crippen LogP contribution < -0.4 is 0 Å². The number of hydrogen-bond acceptors (Lipinski definition) is 3. The van der Waals surface area contributed by atoms with Gasteiger partial charge in [0.1, 0.15) is 11.6 Å². The van der Waals surface area contributed by atoms with Gasteiger partial charge in [0.15, 0.2) is 0 Å². The predicted molar refractivity (Wildman–Crippen MR) is 61.8 cm³/mol. The van der Waals surface area contributed by atoms with Gasteiger partial charge in [-0.1, -0.05) is 12.1 Å². The van der Waals surface area contributed by atoms with E-state index in [1.165, 1.54) is 24.3 Å². The molecular formula is C12H13FO2S. The first-order valence-corrected chi connectivity index (χ1v) is 6.38. The lowest BCUT2D eigenvalue weighted by Gasteiger charge is -2.25. The van der Waals surface area contributed by atoms with E-state index in [9.17, 15) is 14.3 Å². The quantitative estimate of drug-likeness (QED) is 0.861. The molecule has 1 N–H and O–H groups in total. The van der Waals surface area contributed by atoms with Crippen LogP contribution in [0.2, 0.25) is 0 Å². The fraction of sp³-hybridized carbons (Fsp3) is 0.417. The maximum Gasteiger partial charge on any atom is 0.140 e. The highest BCUT2D eigenvalue weighted by Gasteiger charge is 2.30. The summed E-state index contributed by atoms with van der Waals surface area (Å²) >= 11 is 1.68. The molecule has 1 fully saturated rings. The fourth-order valence-electron chi connectivity index (χ4n) is 1.82. The van der Waals surface area contributed by atoms with E-state index in [4.69, 9.17) is 0 Å². The molecule has 1 heterocycles. The van der Waals surface area contributed by atoms with Gasteiger partial charge in [0.25, 0.3) is 0 Å². The average molecular weight is 240 g/mol. The maximum atomic E-state index is 12.7. The molecule has 4 heteroatoms. The molecule has 1 aliphatic rings. The minimum atomic E-state index is -0.805. The number of benzene rings is 1. The first-order chi connectivity index (χ1) is 7.68. The Morgan fingerprint density at radius 1 is 1.38 bits per heavy atom. The van der Waals surface area contributed by atoms with Gasteiger partial charge in [-0.05, 0) is 17.7 Å². The van der Waals surface area contributed by atoms with Crippen LogP contribution in [0.5, 0.6) is 0 Å². The summed E-state index contributed by atoms with van der Waals surface area (Å²) in [5.41, 5.74) is 0.613. The second-order valence-electron chi connectivity index (χ2n) is 3.89. The third-order valence-electron chi connectivity index (χ3n) is 2.80. The molecule has 86 valence electrons. The summed E-state index contributed by atoms with van der Waals surface area (Å²) in [5, 5.41) is 10.0. The zero-order valence-corrected chi connectivity index (χ0v) is 9.54. The van der Waals surface area contributed by atoms with E-state index in [1.807, 2.05) is 0 Å². The lowest BCUT2D eigenvalue weighted by atomic mass is 9.92. The van der Waals surface area contributed by atoms with Crippen molar-refractivity contribution in [3.8, 4) is 0 Å². The molecule has 1 aromatic rings. The van der Waals surface area contributed by atoms with Crippen LogP contribution in [0.25, 0.3) is 0 Å². The number of carbonyl (C=O) groups is 1. The Hall–Kier alpha value is -0.870. The van der Waals surface area contributed by atoms with E-state index in [0.29, 0.717) is 17.7 Å². The van der Waals surface area contributed by atoms with Gasteiger partial charge in [0.2, 0.25) is 0 Å². The first kappa shape index (κ1) is 11.6. The number of carbonyl (C=O) groups excluding carboxylic acids is 1. The van der Waals surface area contributed by atoms with Crippen molar-refractivity contribution in [1.29, 1.82) is 0 Å². The van der Waals surface area contributed by atoms with Crippen LogP contribution in [-0.2, 0) is 4.79 Å². The zero-order chi connectivity index (χ0) is 11.5. The van der Waals surface area contributed by atoms with Crippen LogP contribution in [0.3, 0.4) is 0 Å². The van der Waals surface area contributed by atoms with Gasteiger partial charge < -0.3 is 5.11 Å².